The molecule has 0 aliphatic carbocycles. The molecule has 3 rings (SSSR count). The highest BCUT2D eigenvalue weighted by Crippen LogP contribution is 2.26. The van der Waals surface area contributed by atoms with Crippen molar-refractivity contribution in [3.63, 3.8) is 0 Å². The van der Waals surface area contributed by atoms with E-state index in [1.807, 2.05) is 48.7 Å². The lowest BCUT2D eigenvalue weighted by Crippen LogP contribution is -1.96. The number of hydrogen-bond acceptors (Lipinski definition) is 3. The van der Waals surface area contributed by atoms with Crippen molar-refractivity contribution >= 4 is 11.5 Å². The van der Waals surface area contributed by atoms with E-state index in [2.05, 4.69) is 4.98 Å². The Morgan fingerprint density at radius 2 is 1.89 bits per heavy atom. The van der Waals surface area contributed by atoms with Crippen molar-refractivity contribution in [3.8, 4) is 11.3 Å². The van der Waals surface area contributed by atoms with Gasteiger partial charge in [-0.15, -0.1) is 0 Å². The Labute approximate surface area is 104 Å². The lowest BCUT2D eigenvalue weighted by Gasteiger charge is -2.00. The lowest BCUT2D eigenvalue weighted by atomic mass is 10.1. The number of imidazole rings is 1. The van der Waals surface area contributed by atoms with Gasteiger partial charge < -0.3 is 10.8 Å². The van der Waals surface area contributed by atoms with Crippen molar-refractivity contribution < 1.29 is 5.11 Å². The predicted octanol–water partition coefficient (Wildman–Crippen LogP) is 2.08. The number of aliphatic hydroxyl groups excluding tert-OH is 1. The fourth-order valence-corrected chi connectivity index (χ4v) is 2.01. The molecular weight excluding hydrogens is 226 g/mol. The second-order valence-electron chi connectivity index (χ2n) is 4.14. The normalized spacial score (nSPS) is 10.9. The van der Waals surface area contributed by atoms with Crippen LogP contribution in [0.5, 0.6) is 0 Å². The van der Waals surface area contributed by atoms with Crippen LogP contribution >= 0.6 is 0 Å². The summed E-state index contributed by atoms with van der Waals surface area (Å²) in [7, 11) is 0. The Morgan fingerprint density at radius 3 is 2.61 bits per heavy atom. The lowest BCUT2D eigenvalue weighted by molar-refractivity contribution is 0.281. The minimum absolute atomic E-state index is 0.00572. The van der Waals surface area contributed by atoms with Gasteiger partial charge in [-0.25, -0.2) is 4.98 Å². The average Bonchev–Trinajstić information content (AvgIpc) is 2.77. The van der Waals surface area contributed by atoms with Crippen LogP contribution in [-0.2, 0) is 6.61 Å². The highest BCUT2D eigenvalue weighted by atomic mass is 16.3. The molecule has 0 spiro atoms. The molecular formula is C14H13N3O. The largest absolute Gasteiger partial charge is 0.392 e. The van der Waals surface area contributed by atoms with Crippen molar-refractivity contribution in [1.29, 1.82) is 0 Å². The zero-order valence-electron chi connectivity index (χ0n) is 9.74. The summed E-state index contributed by atoms with van der Waals surface area (Å²) < 4.78 is 1.80. The molecule has 18 heavy (non-hydrogen) atoms. The van der Waals surface area contributed by atoms with E-state index in [9.17, 15) is 0 Å². The van der Waals surface area contributed by atoms with Gasteiger partial charge in [-0.2, -0.15) is 0 Å². The molecule has 0 amide bonds. The number of fused-ring (bicyclic) bond motifs is 1. The number of aliphatic hydroxyl groups is 1. The van der Waals surface area contributed by atoms with Crippen LogP contribution in [0.15, 0.2) is 48.7 Å². The molecule has 4 nitrogen and oxygen atoms in total. The van der Waals surface area contributed by atoms with E-state index in [-0.39, 0.29) is 6.61 Å². The van der Waals surface area contributed by atoms with E-state index < -0.39 is 0 Å². The topological polar surface area (TPSA) is 63.5 Å². The molecule has 0 bridgehead atoms. The Kier molecular flexibility index (Phi) is 2.50. The van der Waals surface area contributed by atoms with Crippen LogP contribution in [0.25, 0.3) is 16.9 Å². The molecule has 0 saturated heterocycles. The Balaban J connectivity index is 2.23. The van der Waals surface area contributed by atoms with Crippen molar-refractivity contribution in [1.82, 2.24) is 9.38 Å². The standard InChI is InChI=1S/C14H13N3O/c15-14-13(11-4-2-1-3-5-11)16-12-7-6-10(9-18)8-17(12)14/h1-8,18H,9,15H2. The van der Waals surface area contributed by atoms with Gasteiger partial charge in [0.1, 0.15) is 17.2 Å². The number of nitrogen functional groups attached to an aromatic ring is 1. The molecule has 2 heterocycles. The third-order valence-electron chi connectivity index (χ3n) is 2.95. The Bertz CT molecular complexity index is 689. The summed E-state index contributed by atoms with van der Waals surface area (Å²) in [6.07, 6.45) is 1.81. The maximum Gasteiger partial charge on any atom is 0.139 e. The fourth-order valence-electron chi connectivity index (χ4n) is 2.01. The summed E-state index contributed by atoms with van der Waals surface area (Å²) in [6, 6.07) is 13.5. The Morgan fingerprint density at radius 1 is 1.11 bits per heavy atom. The van der Waals surface area contributed by atoms with E-state index in [1.54, 1.807) is 4.40 Å². The molecule has 1 aromatic carbocycles. The number of hydrogen-bond donors (Lipinski definition) is 2. The van der Waals surface area contributed by atoms with Crippen LogP contribution in [0.1, 0.15) is 5.56 Å². The van der Waals surface area contributed by atoms with Gasteiger partial charge in [0.05, 0.1) is 6.61 Å². The number of benzene rings is 1. The molecule has 0 aliphatic rings. The van der Waals surface area contributed by atoms with Crippen LogP contribution in [-0.4, -0.2) is 14.5 Å². The summed E-state index contributed by atoms with van der Waals surface area (Å²) in [4.78, 5) is 4.51. The summed E-state index contributed by atoms with van der Waals surface area (Å²) in [6.45, 7) is -0.00572. The predicted molar refractivity (Wildman–Crippen MR) is 71.0 cm³/mol. The summed E-state index contributed by atoms with van der Waals surface area (Å²) in [5.41, 5.74) is 9.47. The summed E-state index contributed by atoms with van der Waals surface area (Å²) in [5, 5.41) is 9.14. The maximum absolute atomic E-state index is 9.14. The first kappa shape index (κ1) is 10.8. The van der Waals surface area contributed by atoms with E-state index in [0.717, 1.165) is 22.5 Å². The molecule has 0 atom stereocenters. The van der Waals surface area contributed by atoms with E-state index >= 15 is 0 Å². The first-order valence-corrected chi connectivity index (χ1v) is 5.72. The van der Waals surface area contributed by atoms with Crippen molar-refractivity contribution in [2.45, 2.75) is 6.61 Å². The smallest absolute Gasteiger partial charge is 0.139 e. The third-order valence-corrected chi connectivity index (χ3v) is 2.95. The Hall–Kier alpha value is -2.33. The van der Waals surface area contributed by atoms with Gasteiger partial charge in [-0.3, -0.25) is 4.40 Å². The zero-order valence-corrected chi connectivity index (χ0v) is 9.74. The fraction of sp³-hybridized carbons (Fsp3) is 0.0714. The summed E-state index contributed by atoms with van der Waals surface area (Å²) >= 11 is 0. The van der Waals surface area contributed by atoms with Crippen molar-refractivity contribution in [2.75, 3.05) is 5.73 Å². The minimum Gasteiger partial charge on any atom is -0.392 e. The maximum atomic E-state index is 9.14. The number of nitrogens with zero attached hydrogens (tertiary/aromatic N) is 2. The van der Waals surface area contributed by atoms with Crippen LogP contribution in [0.2, 0.25) is 0 Å². The van der Waals surface area contributed by atoms with Crippen LogP contribution in [0, 0.1) is 0 Å². The van der Waals surface area contributed by atoms with Crippen molar-refractivity contribution in [3.05, 3.63) is 54.2 Å². The number of pyridine rings is 1. The number of rotatable bonds is 2. The third kappa shape index (κ3) is 1.63. The molecule has 4 heteroatoms. The molecule has 3 N–H and O–H groups in total. The molecule has 0 fully saturated rings. The second-order valence-corrected chi connectivity index (χ2v) is 4.14. The second kappa shape index (κ2) is 4.16. The molecule has 2 aromatic heterocycles. The summed E-state index contributed by atoms with van der Waals surface area (Å²) in [5.74, 6) is 0.589. The van der Waals surface area contributed by atoms with Crippen molar-refractivity contribution in [2.24, 2.45) is 0 Å². The van der Waals surface area contributed by atoms with Crippen LogP contribution in [0.4, 0.5) is 5.82 Å². The molecule has 3 aromatic rings. The zero-order chi connectivity index (χ0) is 12.5. The van der Waals surface area contributed by atoms with Crippen LogP contribution < -0.4 is 5.73 Å². The highest BCUT2D eigenvalue weighted by molar-refractivity contribution is 5.74. The quantitative estimate of drug-likeness (QED) is 0.719. The van der Waals surface area contributed by atoms with E-state index in [1.165, 1.54) is 0 Å². The molecule has 0 unspecified atom stereocenters. The van der Waals surface area contributed by atoms with Gasteiger partial charge in [0, 0.05) is 11.8 Å². The minimum atomic E-state index is -0.00572. The van der Waals surface area contributed by atoms with Gasteiger partial charge in [0.2, 0.25) is 0 Å². The van der Waals surface area contributed by atoms with Crippen LogP contribution in [0.3, 0.4) is 0 Å². The SMILES string of the molecule is Nc1c(-c2ccccc2)nc2ccc(CO)cn12. The molecule has 0 radical (unpaired) electrons. The number of anilines is 1. The average molecular weight is 239 g/mol. The van der Waals surface area contributed by atoms with Gasteiger partial charge in [-0.1, -0.05) is 36.4 Å². The number of nitrogens with two attached hydrogens (primary N) is 1. The van der Waals surface area contributed by atoms with E-state index in [4.69, 9.17) is 10.8 Å². The van der Waals surface area contributed by atoms with Gasteiger partial charge in [-0.05, 0) is 11.6 Å². The highest BCUT2D eigenvalue weighted by Gasteiger charge is 2.10. The monoisotopic (exact) mass is 239 g/mol. The molecule has 0 aliphatic heterocycles. The van der Waals surface area contributed by atoms with Gasteiger partial charge in [0.15, 0.2) is 0 Å². The van der Waals surface area contributed by atoms with Gasteiger partial charge in [0.25, 0.3) is 0 Å². The van der Waals surface area contributed by atoms with E-state index in [0.29, 0.717) is 5.82 Å². The molecule has 90 valence electrons. The number of aromatic nitrogens is 2. The first-order valence-electron chi connectivity index (χ1n) is 5.72. The molecule has 0 saturated carbocycles. The van der Waals surface area contributed by atoms with Gasteiger partial charge >= 0.3 is 0 Å². The first-order chi connectivity index (χ1) is 8.79.